The molecule has 0 amide bonds. The van der Waals surface area contributed by atoms with Crippen LogP contribution in [0.15, 0.2) is 36.4 Å². The van der Waals surface area contributed by atoms with Gasteiger partial charge in [0.25, 0.3) is 0 Å². The number of hydrogen-bond donors (Lipinski definition) is 1. The predicted molar refractivity (Wildman–Crippen MR) is 102 cm³/mol. The smallest absolute Gasteiger partial charge is 0.231 e. The van der Waals surface area contributed by atoms with Crippen molar-refractivity contribution in [2.75, 3.05) is 31.9 Å². The van der Waals surface area contributed by atoms with E-state index in [0.717, 1.165) is 55.3 Å². The summed E-state index contributed by atoms with van der Waals surface area (Å²) in [6.45, 7) is 5.37. The van der Waals surface area contributed by atoms with Gasteiger partial charge in [0.15, 0.2) is 11.5 Å². The molecule has 2 aliphatic heterocycles. The molecule has 0 unspecified atom stereocenters. The lowest BCUT2D eigenvalue weighted by Crippen LogP contribution is -2.42. The quantitative estimate of drug-likeness (QED) is 0.890. The Bertz CT molecular complexity index is 770. The summed E-state index contributed by atoms with van der Waals surface area (Å²) in [6, 6.07) is 13.2. The van der Waals surface area contributed by atoms with Gasteiger partial charge in [0.2, 0.25) is 6.79 Å². The zero-order valence-corrected chi connectivity index (χ0v) is 15.5. The molecule has 2 aliphatic rings. The first kappa shape index (κ1) is 17.0. The maximum atomic E-state index is 5.51. The van der Waals surface area contributed by atoms with Crippen molar-refractivity contribution < 1.29 is 14.2 Å². The van der Waals surface area contributed by atoms with Crippen molar-refractivity contribution in [2.24, 2.45) is 0 Å². The monoisotopic (exact) mass is 354 g/mol. The Kier molecular flexibility index (Phi) is 4.89. The lowest BCUT2D eigenvalue weighted by molar-refractivity contribution is 0.174. The van der Waals surface area contributed by atoms with E-state index < -0.39 is 0 Å². The number of methoxy groups -OCH3 is 1. The van der Waals surface area contributed by atoms with E-state index in [1.807, 2.05) is 12.1 Å². The van der Waals surface area contributed by atoms with E-state index >= 15 is 0 Å². The number of ether oxygens (including phenoxy) is 3. The molecule has 0 aliphatic carbocycles. The van der Waals surface area contributed by atoms with Gasteiger partial charge < -0.3 is 24.4 Å². The molecule has 5 heteroatoms. The molecular weight excluding hydrogens is 328 g/mol. The van der Waals surface area contributed by atoms with Gasteiger partial charge >= 0.3 is 0 Å². The van der Waals surface area contributed by atoms with Gasteiger partial charge in [-0.2, -0.15) is 0 Å². The SMILES string of the molecule is COc1cc2c(cc1CNC1CCN(c3cccc(C)c3)CC1)OCO2. The molecule has 0 atom stereocenters. The van der Waals surface area contributed by atoms with Gasteiger partial charge in [0.05, 0.1) is 7.11 Å². The minimum atomic E-state index is 0.285. The number of nitrogens with zero attached hydrogens (tertiary/aromatic N) is 1. The first-order chi connectivity index (χ1) is 12.7. The van der Waals surface area contributed by atoms with Crippen molar-refractivity contribution in [1.82, 2.24) is 5.32 Å². The topological polar surface area (TPSA) is 43.0 Å². The molecule has 0 radical (unpaired) electrons. The van der Waals surface area contributed by atoms with Gasteiger partial charge in [-0.1, -0.05) is 12.1 Å². The van der Waals surface area contributed by atoms with Crippen LogP contribution >= 0.6 is 0 Å². The molecule has 26 heavy (non-hydrogen) atoms. The summed E-state index contributed by atoms with van der Waals surface area (Å²) in [5, 5.41) is 3.68. The molecule has 0 saturated carbocycles. The summed E-state index contributed by atoms with van der Waals surface area (Å²) in [5.41, 5.74) is 3.76. The van der Waals surface area contributed by atoms with Gasteiger partial charge in [-0.05, 0) is 43.5 Å². The van der Waals surface area contributed by atoms with Crippen molar-refractivity contribution >= 4 is 5.69 Å². The van der Waals surface area contributed by atoms with Crippen molar-refractivity contribution in [3.63, 3.8) is 0 Å². The Morgan fingerprint density at radius 1 is 1.12 bits per heavy atom. The maximum absolute atomic E-state index is 5.51. The highest BCUT2D eigenvalue weighted by molar-refractivity contribution is 5.52. The molecule has 0 spiro atoms. The Hall–Kier alpha value is -2.40. The number of hydrogen-bond acceptors (Lipinski definition) is 5. The summed E-state index contributed by atoms with van der Waals surface area (Å²) in [4.78, 5) is 2.48. The Balaban J connectivity index is 1.34. The van der Waals surface area contributed by atoms with Crippen LogP contribution in [-0.4, -0.2) is 33.0 Å². The van der Waals surface area contributed by atoms with E-state index in [9.17, 15) is 0 Å². The second-order valence-electron chi connectivity index (χ2n) is 7.00. The molecule has 0 bridgehead atoms. The number of aryl methyl sites for hydroxylation is 1. The fourth-order valence-electron chi connectivity index (χ4n) is 3.71. The van der Waals surface area contributed by atoms with Crippen molar-refractivity contribution in [3.8, 4) is 17.2 Å². The first-order valence-corrected chi connectivity index (χ1v) is 9.24. The summed E-state index contributed by atoms with van der Waals surface area (Å²) in [5.74, 6) is 2.41. The van der Waals surface area contributed by atoms with Crippen LogP contribution in [0.1, 0.15) is 24.0 Å². The Morgan fingerprint density at radius 2 is 1.88 bits per heavy atom. The van der Waals surface area contributed by atoms with Crippen LogP contribution in [0.25, 0.3) is 0 Å². The number of benzene rings is 2. The molecule has 2 aromatic carbocycles. The summed E-state index contributed by atoms with van der Waals surface area (Å²) in [6.07, 6.45) is 2.28. The van der Waals surface area contributed by atoms with Crippen LogP contribution in [0.3, 0.4) is 0 Å². The fourth-order valence-corrected chi connectivity index (χ4v) is 3.71. The number of anilines is 1. The Morgan fingerprint density at radius 3 is 2.62 bits per heavy atom. The molecule has 1 N–H and O–H groups in total. The molecule has 5 nitrogen and oxygen atoms in total. The standard InChI is InChI=1S/C21H26N2O3/c1-15-4-3-5-18(10-15)23-8-6-17(7-9-23)22-13-16-11-20-21(26-14-25-20)12-19(16)24-2/h3-5,10-12,17,22H,6-9,13-14H2,1-2H3. The molecule has 4 rings (SSSR count). The average molecular weight is 354 g/mol. The van der Waals surface area contributed by atoms with E-state index in [0.29, 0.717) is 6.04 Å². The van der Waals surface area contributed by atoms with Crippen LogP contribution in [-0.2, 0) is 6.54 Å². The lowest BCUT2D eigenvalue weighted by Gasteiger charge is -2.34. The van der Waals surface area contributed by atoms with Gasteiger partial charge in [0, 0.05) is 43.0 Å². The Labute approximate surface area is 154 Å². The number of piperidine rings is 1. The normalized spacial score (nSPS) is 16.8. The minimum absolute atomic E-state index is 0.285. The lowest BCUT2D eigenvalue weighted by atomic mass is 10.0. The van der Waals surface area contributed by atoms with Gasteiger partial charge in [-0.3, -0.25) is 0 Å². The van der Waals surface area contributed by atoms with Gasteiger partial charge in [-0.15, -0.1) is 0 Å². The van der Waals surface area contributed by atoms with E-state index in [1.165, 1.54) is 11.3 Å². The maximum Gasteiger partial charge on any atom is 0.231 e. The van der Waals surface area contributed by atoms with Gasteiger partial charge in [0.1, 0.15) is 5.75 Å². The summed E-state index contributed by atoms with van der Waals surface area (Å²) >= 11 is 0. The van der Waals surface area contributed by atoms with Crippen molar-refractivity contribution in [2.45, 2.75) is 32.4 Å². The van der Waals surface area contributed by atoms with E-state index in [4.69, 9.17) is 14.2 Å². The highest BCUT2D eigenvalue weighted by atomic mass is 16.7. The van der Waals surface area contributed by atoms with E-state index in [2.05, 4.69) is 41.4 Å². The zero-order valence-electron chi connectivity index (χ0n) is 15.5. The highest BCUT2D eigenvalue weighted by Gasteiger charge is 2.21. The van der Waals surface area contributed by atoms with Crippen LogP contribution < -0.4 is 24.4 Å². The molecule has 138 valence electrons. The van der Waals surface area contributed by atoms with Crippen molar-refractivity contribution in [3.05, 3.63) is 47.5 Å². The molecule has 2 heterocycles. The van der Waals surface area contributed by atoms with Crippen LogP contribution in [0.2, 0.25) is 0 Å². The van der Waals surface area contributed by atoms with Crippen LogP contribution in [0, 0.1) is 6.92 Å². The second-order valence-corrected chi connectivity index (χ2v) is 7.00. The first-order valence-electron chi connectivity index (χ1n) is 9.24. The molecule has 0 aromatic heterocycles. The molecule has 2 aromatic rings. The minimum Gasteiger partial charge on any atom is -0.496 e. The number of rotatable bonds is 5. The second kappa shape index (κ2) is 7.46. The number of nitrogens with one attached hydrogen (secondary N) is 1. The third-order valence-corrected chi connectivity index (χ3v) is 5.22. The highest BCUT2D eigenvalue weighted by Crippen LogP contribution is 2.38. The largest absolute Gasteiger partial charge is 0.496 e. The third-order valence-electron chi connectivity index (χ3n) is 5.22. The van der Waals surface area contributed by atoms with Crippen molar-refractivity contribution in [1.29, 1.82) is 0 Å². The molecule has 1 fully saturated rings. The van der Waals surface area contributed by atoms with Crippen LogP contribution in [0.4, 0.5) is 5.69 Å². The van der Waals surface area contributed by atoms with E-state index in [-0.39, 0.29) is 6.79 Å². The molecule has 1 saturated heterocycles. The molecular formula is C21H26N2O3. The summed E-state index contributed by atoms with van der Waals surface area (Å²) < 4.78 is 16.4. The third kappa shape index (κ3) is 3.58. The average Bonchev–Trinajstić information content (AvgIpc) is 3.13. The summed E-state index contributed by atoms with van der Waals surface area (Å²) in [7, 11) is 1.70. The zero-order chi connectivity index (χ0) is 17.9. The fraction of sp³-hybridized carbons (Fsp3) is 0.429. The number of fused-ring (bicyclic) bond motifs is 1. The van der Waals surface area contributed by atoms with Crippen LogP contribution in [0.5, 0.6) is 17.2 Å². The van der Waals surface area contributed by atoms with Gasteiger partial charge in [-0.25, -0.2) is 0 Å². The van der Waals surface area contributed by atoms with E-state index in [1.54, 1.807) is 7.11 Å². The predicted octanol–water partition coefficient (Wildman–Crippen LogP) is 3.49.